The number of carbonyl (C=O) groups excluding carboxylic acids is 2. The zero-order valence-electron chi connectivity index (χ0n) is 11.8. The lowest BCUT2D eigenvalue weighted by Gasteiger charge is -2.16. The Morgan fingerprint density at radius 1 is 1.40 bits per heavy atom. The molecule has 0 aromatic heterocycles. The van der Waals surface area contributed by atoms with Gasteiger partial charge in [-0.05, 0) is 37.9 Å². The lowest BCUT2D eigenvalue weighted by molar-refractivity contribution is -0.118. The summed E-state index contributed by atoms with van der Waals surface area (Å²) in [6.07, 6.45) is 0.984. The predicted molar refractivity (Wildman–Crippen MR) is 76.6 cm³/mol. The number of hydrogen-bond donors (Lipinski definition) is 2. The molecule has 1 fully saturated rings. The highest BCUT2D eigenvalue weighted by Gasteiger charge is 2.29. The van der Waals surface area contributed by atoms with Gasteiger partial charge in [-0.2, -0.15) is 0 Å². The Morgan fingerprint density at radius 2 is 2.15 bits per heavy atom. The molecule has 2 unspecified atom stereocenters. The number of nitrogens with one attached hydrogen (secondary N) is 2. The first kappa shape index (κ1) is 14.5. The highest BCUT2D eigenvalue weighted by molar-refractivity contribution is 6.02. The van der Waals surface area contributed by atoms with Gasteiger partial charge in [-0.1, -0.05) is 19.1 Å². The van der Waals surface area contributed by atoms with Gasteiger partial charge in [0.2, 0.25) is 5.91 Å². The van der Waals surface area contributed by atoms with Crippen molar-refractivity contribution in [1.82, 2.24) is 5.32 Å². The SMILES string of the molecule is CCOC(=O)c1ccccc1NC(=O)C1NCCC1C. The second-order valence-corrected chi connectivity index (χ2v) is 4.95. The fraction of sp³-hybridized carbons (Fsp3) is 0.467. The van der Waals surface area contributed by atoms with Crippen LogP contribution in [0.2, 0.25) is 0 Å². The van der Waals surface area contributed by atoms with E-state index < -0.39 is 5.97 Å². The summed E-state index contributed by atoms with van der Waals surface area (Å²) in [7, 11) is 0. The van der Waals surface area contributed by atoms with E-state index in [1.807, 2.05) is 6.92 Å². The van der Waals surface area contributed by atoms with Crippen LogP contribution in [0.15, 0.2) is 24.3 Å². The highest BCUT2D eigenvalue weighted by Crippen LogP contribution is 2.20. The van der Waals surface area contributed by atoms with Crippen LogP contribution in [-0.2, 0) is 9.53 Å². The van der Waals surface area contributed by atoms with Crippen LogP contribution in [-0.4, -0.2) is 31.1 Å². The van der Waals surface area contributed by atoms with Gasteiger partial charge in [0, 0.05) is 0 Å². The molecular weight excluding hydrogens is 256 g/mol. The van der Waals surface area contributed by atoms with E-state index in [0.717, 1.165) is 13.0 Å². The van der Waals surface area contributed by atoms with Crippen LogP contribution in [0.4, 0.5) is 5.69 Å². The van der Waals surface area contributed by atoms with Gasteiger partial charge in [-0.25, -0.2) is 4.79 Å². The summed E-state index contributed by atoms with van der Waals surface area (Å²) in [4.78, 5) is 24.1. The summed E-state index contributed by atoms with van der Waals surface area (Å²) < 4.78 is 4.99. The molecule has 0 radical (unpaired) electrons. The number of benzene rings is 1. The molecule has 1 aliphatic heterocycles. The topological polar surface area (TPSA) is 67.4 Å². The number of esters is 1. The van der Waals surface area contributed by atoms with Crippen molar-refractivity contribution in [2.45, 2.75) is 26.3 Å². The molecule has 1 aromatic rings. The third-order valence-corrected chi connectivity index (χ3v) is 3.50. The molecule has 5 heteroatoms. The molecule has 0 spiro atoms. The van der Waals surface area contributed by atoms with Gasteiger partial charge >= 0.3 is 5.97 Å². The van der Waals surface area contributed by atoms with E-state index in [4.69, 9.17) is 4.74 Å². The van der Waals surface area contributed by atoms with E-state index in [0.29, 0.717) is 23.8 Å². The monoisotopic (exact) mass is 276 g/mol. The van der Waals surface area contributed by atoms with Gasteiger partial charge in [0.05, 0.1) is 23.9 Å². The Bertz CT molecular complexity index is 502. The Morgan fingerprint density at radius 3 is 2.80 bits per heavy atom. The number of para-hydroxylation sites is 1. The van der Waals surface area contributed by atoms with Crippen molar-refractivity contribution < 1.29 is 14.3 Å². The third-order valence-electron chi connectivity index (χ3n) is 3.50. The Labute approximate surface area is 118 Å². The fourth-order valence-corrected chi connectivity index (χ4v) is 2.37. The average Bonchev–Trinajstić information content (AvgIpc) is 2.86. The molecule has 2 atom stereocenters. The van der Waals surface area contributed by atoms with E-state index in [9.17, 15) is 9.59 Å². The first-order valence-electron chi connectivity index (χ1n) is 6.94. The van der Waals surface area contributed by atoms with Crippen molar-refractivity contribution in [3.05, 3.63) is 29.8 Å². The molecule has 2 rings (SSSR count). The summed E-state index contributed by atoms with van der Waals surface area (Å²) in [5.41, 5.74) is 0.880. The van der Waals surface area contributed by atoms with Gasteiger partial charge in [-0.15, -0.1) is 0 Å². The van der Waals surface area contributed by atoms with E-state index >= 15 is 0 Å². The quantitative estimate of drug-likeness (QED) is 0.823. The van der Waals surface area contributed by atoms with Crippen LogP contribution in [0.25, 0.3) is 0 Å². The van der Waals surface area contributed by atoms with Crippen LogP contribution >= 0.6 is 0 Å². The van der Waals surface area contributed by atoms with E-state index in [1.54, 1.807) is 31.2 Å². The molecule has 1 amide bonds. The average molecular weight is 276 g/mol. The molecule has 1 aromatic carbocycles. The lowest BCUT2D eigenvalue weighted by atomic mass is 10.0. The molecule has 1 aliphatic rings. The summed E-state index contributed by atoms with van der Waals surface area (Å²) in [6, 6.07) is 6.69. The van der Waals surface area contributed by atoms with Crippen molar-refractivity contribution in [2.24, 2.45) is 5.92 Å². The summed E-state index contributed by atoms with van der Waals surface area (Å²) in [5, 5.41) is 5.99. The smallest absolute Gasteiger partial charge is 0.340 e. The molecule has 108 valence electrons. The maximum atomic E-state index is 12.2. The van der Waals surface area contributed by atoms with Gasteiger partial charge in [0.1, 0.15) is 0 Å². The molecule has 0 aliphatic carbocycles. The number of anilines is 1. The normalized spacial score (nSPS) is 21.5. The Hall–Kier alpha value is -1.88. The molecule has 1 saturated heterocycles. The minimum atomic E-state index is -0.421. The number of rotatable bonds is 4. The molecule has 1 heterocycles. The van der Waals surface area contributed by atoms with Crippen molar-refractivity contribution in [2.75, 3.05) is 18.5 Å². The van der Waals surface area contributed by atoms with Crippen LogP contribution in [0, 0.1) is 5.92 Å². The van der Waals surface area contributed by atoms with E-state index in [1.165, 1.54) is 0 Å². The summed E-state index contributed by atoms with van der Waals surface area (Å²) in [5.74, 6) is -0.229. The second-order valence-electron chi connectivity index (χ2n) is 4.95. The van der Waals surface area contributed by atoms with Crippen molar-refractivity contribution in [3.8, 4) is 0 Å². The minimum Gasteiger partial charge on any atom is -0.462 e. The van der Waals surface area contributed by atoms with Crippen LogP contribution in [0.3, 0.4) is 0 Å². The van der Waals surface area contributed by atoms with E-state index in [-0.39, 0.29) is 11.9 Å². The van der Waals surface area contributed by atoms with Crippen LogP contribution in [0.5, 0.6) is 0 Å². The Kier molecular flexibility index (Phi) is 4.74. The van der Waals surface area contributed by atoms with Gasteiger partial charge in [0.25, 0.3) is 0 Å². The summed E-state index contributed by atoms with van der Waals surface area (Å²) >= 11 is 0. The van der Waals surface area contributed by atoms with Gasteiger partial charge in [0.15, 0.2) is 0 Å². The first-order chi connectivity index (χ1) is 9.63. The van der Waals surface area contributed by atoms with Crippen molar-refractivity contribution >= 4 is 17.6 Å². The molecular formula is C15H20N2O3. The molecule has 5 nitrogen and oxygen atoms in total. The maximum Gasteiger partial charge on any atom is 0.340 e. The zero-order valence-corrected chi connectivity index (χ0v) is 11.8. The molecule has 2 N–H and O–H groups in total. The lowest BCUT2D eigenvalue weighted by Crippen LogP contribution is -2.39. The van der Waals surface area contributed by atoms with E-state index in [2.05, 4.69) is 10.6 Å². The highest BCUT2D eigenvalue weighted by atomic mass is 16.5. The fourth-order valence-electron chi connectivity index (χ4n) is 2.37. The molecule has 0 saturated carbocycles. The Balaban J connectivity index is 2.13. The first-order valence-corrected chi connectivity index (χ1v) is 6.94. The zero-order chi connectivity index (χ0) is 14.5. The molecule has 20 heavy (non-hydrogen) atoms. The number of ether oxygens (including phenoxy) is 1. The van der Waals surface area contributed by atoms with Crippen LogP contribution < -0.4 is 10.6 Å². The minimum absolute atomic E-state index is 0.105. The van der Waals surface area contributed by atoms with Crippen LogP contribution in [0.1, 0.15) is 30.6 Å². The third kappa shape index (κ3) is 3.17. The second kappa shape index (κ2) is 6.52. The standard InChI is InChI=1S/C15H20N2O3/c1-3-20-15(19)11-6-4-5-7-12(11)17-14(18)13-10(2)8-9-16-13/h4-7,10,13,16H,3,8-9H2,1-2H3,(H,17,18). The van der Waals surface area contributed by atoms with Crippen molar-refractivity contribution in [3.63, 3.8) is 0 Å². The number of amides is 1. The van der Waals surface area contributed by atoms with Crippen molar-refractivity contribution in [1.29, 1.82) is 0 Å². The van der Waals surface area contributed by atoms with Gasteiger partial charge in [-0.3, -0.25) is 4.79 Å². The predicted octanol–water partition coefficient (Wildman–Crippen LogP) is 1.80. The number of hydrogen-bond acceptors (Lipinski definition) is 4. The number of carbonyl (C=O) groups is 2. The van der Waals surface area contributed by atoms with Gasteiger partial charge < -0.3 is 15.4 Å². The molecule has 0 bridgehead atoms. The summed E-state index contributed by atoms with van der Waals surface area (Å²) in [6.45, 7) is 4.95. The largest absolute Gasteiger partial charge is 0.462 e. The maximum absolute atomic E-state index is 12.2.